The molecule has 7 heteroatoms. The van der Waals surface area contributed by atoms with Gasteiger partial charge in [-0.25, -0.2) is 0 Å². The van der Waals surface area contributed by atoms with E-state index in [0.717, 1.165) is 49.3 Å². The van der Waals surface area contributed by atoms with Crippen molar-refractivity contribution in [2.24, 2.45) is 0 Å². The highest BCUT2D eigenvalue weighted by Gasteiger charge is 2.28. The standard InChI is InChI=1S/C20H29ClN4O2/c1-15(18-22-19(23-27-18)20(2,3)4)25-11-9-24(10-12-25)13-14-26-17-7-5-16(21)6-8-17/h5-8,15H,9-14H2,1-4H3/t15-/m1/s1. The summed E-state index contributed by atoms with van der Waals surface area (Å²) in [6, 6.07) is 7.64. The smallest absolute Gasteiger partial charge is 0.243 e. The molecule has 0 radical (unpaired) electrons. The Hall–Kier alpha value is -1.63. The molecule has 2 aromatic rings. The molecule has 0 N–H and O–H groups in total. The van der Waals surface area contributed by atoms with Crippen molar-refractivity contribution < 1.29 is 9.26 Å². The molecule has 1 aliphatic rings. The normalized spacial score (nSPS) is 17.8. The van der Waals surface area contributed by atoms with Gasteiger partial charge in [-0.05, 0) is 31.2 Å². The van der Waals surface area contributed by atoms with Gasteiger partial charge in [0.15, 0.2) is 5.82 Å². The molecule has 0 spiro atoms. The van der Waals surface area contributed by atoms with Crippen molar-refractivity contribution in [1.29, 1.82) is 0 Å². The number of halogens is 1. The molecule has 27 heavy (non-hydrogen) atoms. The Labute approximate surface area is 166 Å². The summed E-state index contributed by atoms with van der Waals surface area (Å²) in [5.41, 5.74) is -0.0930. The predicted molar refractivity (Wildman–Crippen MR) is 106 cm³/mol. The zero-order valence-electron chi connectivity index (χ0n) is 16.6. The second-order valence-corrected chi connectivity index (χ2v) is 8.50. The highest BCUT2D eigenvalue weighted by molar-refractivity contribution is 6.30. The van der Waals surface area contributed by atoms with Crippen LogP contribution < -0.4 is 4.74 Å². The van der Waals surface area contributed by atoms with E-state index in [-0.39, 0.29) is 11.5 Å². The summed E-state index contributed by atoms with van der Waals surface area (Å²) in [6.07, 6.45) is 0. The molecule has 0 amide bonds. The minimum atomic E-state index is -0.0930. The summed E-state index contributed by atoms with van der Waals surface area (Å²) in [7, 11) is 0. The second kappa shape index (κ2) is 8.59. The average Bonchev–Trinajstić information content (AvgIpc) is 3.14. The van der Waals surface area contributed by atoms with Crippen LogP contribution in [-0.2, 0) is 5.41 Å². The summed E-state index contributed by atoms with van der Waals surface area (Å²) >= 11 is 5.89. The van der Waals surface area contributed by atoms with Crippen molar-refractivity contribution in [3.63, 3.8) is 0 Å². The van der Waals surface area contributed by atoms with E-state index >= 15 is 0 Å². The van der Waals surface area contributed by atoms with Crippen molar-refractivity contribution in [3.05, 3.63) is 41.0 Å². The monoisotopic (exact) mass is 392 g/mol. The van der Waals surface area contributed by atoms with E-state index in [4.69, 9.17) is 20.9 Å². The molecule has 6 nitrogen and oxygen atoms in total. The van der Waals surface area contributed by atoms with Crippen molar-refractivity contribution in [2.75, 3.05) is 39.3 Å². The first-order valence-electron chi connectivity index (χ1n) is 9.52. The Kier molecular flexibility index (Phi) is 6.40. The fraction of sp³-hybridized carbons (Fsp3) is 0.600. The van der Waals surface area contributed by atoms with Gasteiger partial charge >= 0.3 is 0 Å². The Morgan fingerprint density at radius 2 is 1.81 bits per heavy atom. The van der Waals surface area contributed by atoms with Gasteiger partial charge in [0.1, 0.15) is 12.4 Å². The summed E-state index contributed by atoms with van der Waals surface area (Å²) in [5.74, 6) is 2.33. The maximum absolute atomic E-state index is 5.89. The van der Waals surface area contributed by atoms with Crippen LogP contribution in [0.5, 0.6) is 5.75 Å². The van der Waals surface area contributed by atoms with Crippen LogP contribution in [-0.4, -0.2) is 59.3 Å². The molecular formula is C20H29ClN4O2. The molecule has 0 unspecified atom stereocenters. The number of nitrogens with zero attached hydrogens (tertiary/aromatic N) is 4. The van der Waals surface area contributed by atoms with Gasteiger partial charge < -0.3 is 9.26 Å². The lowest BCUT2D eigenvalue weighted by atomic mass is 9.96. The summed E-state index contributed by atoms with van der Waals surface area (Å²) in [6.45, 7) is 14.0. The maximum Gasteiger partial charge on any atom is 0.243 e. The number of ether oxygens (including phenoxy) is 1. The minimum Gasteiger partial charge on any atom is -0.492 e. The summed E-state index contributed by atoms with van der Waals surface area (Å²) in [4.78, 5) is 9.43. The van der Waals surface area contributed by atoms with Crippen LogP contribution in [0, 0.1) is 0 Å². The Bertz CT molecular complexity index is 718. The molecule has 0 saturated carbocycles. The molecule has 1 aliphatic heterocycles. The Morgan fingerprint density at radius 3 is 2.41 bits per heavy atom. The quantitative estimate of drug-likeness (QED) is 0.745. The number of hydrogen-bond donors (Lipinski definition) is 0. The van der Waals surface area contributed by atoms with Crippen LogP contribution in [0.4, 0.5) is 0 Å². The second-order valence-electron chi connectivity index (χ2n) is 8.06. The van der Waals surface area contributed by atoms with Crippen LogP contribution >= 0.6 is 11.6 Å². The number of benzene rings is 1. The van der Waals surface area contributed by atoms with Crippen molar-refractivity contribution >= 4 is 11.6 Å². The van der Waals surface area contributed by atoms with E-state index in [0.29, 0.717) is 12.5 Å². The molecule has 1 atom stereocenters. The zero-order chi connectivity index (χ0) is 19.4. The Morgan fingerprint density at radius 1 is 1.15 bits per heavy atom. The van der Waals surface area contributed by atoms with Gasteiger partial charge in [-0.2, -0.15) is 4.98 Å². The first-order chi connectivity index (χ1) is 12.8. The van der Waals surface area contributed by atoms with Crippen LogP contribution in [0.25, 0.3) is 0 Å². The molecule has 0 aliphatic carbocycles. The third-order valence-electron chi connectivity index (χ3n) is 4.91. The average molecular weight is 393 g/mol. The third kappa shape index (κ3) is 5.43. The van der Waals surface area contributed by atoms with E-state index < -0.39 is 0 Å². The Balaban J connectivity index is 1.43. The number of hydrogen-bond acceptors (Lipinski definition) is 6. The van der Waals surface area contributed by atoms with Gasteiger partial charge in [0.2, 0.25) is 5.89 Å². The van der Waals surface area contributed by atoms with E-state index in [1.165, 1.54) is 0 Å². The third-order valence-corrected chi connectivity index (χ3v) is 5.17. The minimum absolute atomic E-state index is 0.0930. The lowest BCUT2D eigenvalue weighted by Crippen LogP contribution is -2.48. The molecule has 3 rings (SSSR count). The van der Waals surface area contributed by atoms with E-state index in [1.54, 1.807) is 0 Å². The number of piperazine rings is 1. The molecule has 1 fully saturated rings. The fourth-order valence-corrected chi connectivity index (χ4v) is 3.19. The molecule has 148 valence electrons. The zero-order valence-corrected chi connectivity index (χ0v) is 17.4. The molecule has 2 heterocycles. The lowest BCUT2D eigenvalue weighted by Gasteiger charge is -2.36. The first-order valence-corrected chi connectivity index (χ1v) is 9.89. The highest BCUT2D eigenvalue weighted by Crippen LogP contribution is 2.24. The SMILES string of the molecule is C[C@H](c1nc(C(C)(C)C)no1)N1CCN(CCOc2ccc(Cl)cc2)CC1. The lowest BCUT2D eigenvalue weighted by molar-refractivity contribution is 0.0800. The van der Waals surface area contributed by atoms with Crippen LogP contribution in [0.1, 0.15) is 45.5 Å². The molecule has 1 aromatic heterocycles. The predicted octanol–water partition coefficient (Wildman–Crippen LogP) is 3.78. The summed E-state index contributed by atoms with van der Waals surface area (Å²) in [5, 5.41) is 4.87. The number of aromatic nitrogens is 2. The van der Waals surface area contributed by atoms with Gasteiger partial charge in [-0.1, -0.05) is 37.5 Å². The maximum atomic E-state index is 5.89. The van der Waals surface area contributed by atoms with Gasteiger partial charge in [0, 0.05) is 43.2 Å². The van der Waals surface area contributed by atoms with Crippen molar-refractivity contribution in [2.45, 2.75) is 39.2 Å². The summed E-state index contributed by atoms with van der Waals surface area (Å²) < 4.78 is 11.3. The van der Waals surface area contributed by atoms with Gasteiger partial charge in [0.05, 0.1) is 6.04 Å². The largest absolute Gasteiger partial charge is 0.492 e. The first kappa shape index (κ1) is 20.1. The van der Waals surface area contributed by atoms with Crippen LogP contribution in [0.2, 0.25) is 5.02 Å². The molecule has 1 aromatic carbocycles. The highest BCUT2D eigenvalue weighted by atomic mass is 35.5. The van der Waals surface area contributed by atoms with Crippen molar-refractivity contribution in [1.82, 2.24) is 19.9 Å². The van der Waals surface area contributed by atoms with Crippen LogP contribution in [0.3, 0.4) is 0 Å². The van der Waals surface area contributed by atoms with Gasteiger partial charge in [-0.3, -0.25) is 9.80 Å². The van der Waals surface area contributed by atoms with Gasteiger partial charge in [-0.15, -0.1) is 0 Å². The molecular weight excluding hydrogens is 364 g/mol. The van der Waals surface area contributed by atoms with Crippen molar-refractivity contribution in [3.8, 4) is 5.75 Å². The fourth-order valence-electron chi connectivity index (χ4n) is 3.06. The van der Waals surface area contributed by atoms with E-state index in [9.17, 15) is 0 Å². The molecule has 1 saturated heterocycles. The van der Waals surface area contributed by atoms with Gasteiger partial charge in [0.25, 0.3) is 0 Å². The van der Waals surface area contributed by atoms with E-state index in [1.807, 2.05) is 24.3 Å². The van der Waals surface area contributed by atoms with Crippen LogP contribution in [0.15, 0.2) is 28.8 Å². The topological polar surface area (TPSA) is 54.6 Å². The molecule has 0 bridgehead atoms. The number of rotatable bonds is 6. The van der Waals surface area contributed by atoms with E-state index in [2.05, 4.69) is 47.6 Å².